The summed E-state index contributed by atoms with van der Waals surface area (Å²) < 4.78 is 29.5. The molecule has 9 heteroatoms. The van der Waals surface area contributed by atoms with Crippen molar-refractivity contribution in [3.63, 3.8) is 0 Å². The highest BCUT2D eigenvalue weighted by Crippen LogP contribution is 2.17. The van der Waals surface area contributed by atoms with Gasteiger partial charge in [-0.05, 0) is 49.2 Å². The van der Waals surface area contributed by atoms with Gasteiger partial charge in [-0.3, -0.25) is 14.5 Å². The quantitative estimate of drug-likeness (QED) is 0.648. The van der Waals surface area contributed by atoms with Crippen molar-refractivity contribution in [3.05, 3.63) is 72.1 Å². The molecule has 1 amide bonds. The molecule has 1 aromatic carbocycles. The zero-order chi connectivity index (χ0) is 20.3. The standard InChI is InChI=1S/C20H21N5O3S/c26-20(22-13-17-14-25-12-2-1-3-19(25)23-17)15-4-6-18(7-5-15)29(27,28)24-16-8-10-21-11-9-16/h4-11,14H,1-3,12-13H2,(H,21,24)(H,22,26). The summed E-state index contributed by atoms with van der Waals surface area (Å²) in [5, 5.41) is 2.84. The molecule has 8 nitrogen and oxygen atoms in total. The SMILES string of the molecule is O=C(NCc1cn2c(n1)CCCC2)c1ccc(S(=O)(=O)Nc2ccncc2)cc1. The van der Waals surface area contributed by atoms with Crippen molar-refractivity contribution in [1.29, 1.82) is 0 Å². The van der Waals surface area contributed by atoms with Crippen LogP contribution in [0.25, 0.3) is 0 Å². The molecule has 4 rings (SSSR count). The van der Waals surface area contributed by atoms with Gasteiger partial charge >= 0.3 is 0 Å². The van der Waals surface area contributed by atoms with E-state index in [2.05, 4.69) is 24.6 Å². The molecule has 2 aromatic heterocycles. The monoisotopic (exact) mass is 411 g/mol. The molecular weight excluding hydrogens is 390 g/mol. The van der Waals surface area contributed by atoms with Crippen LogP contribution in [0.15, 0.2) is 59.9 Å². The molecule has 0 unspecified atom stereocenters. The number of carbonyl (C=O) groups is 1. The van der Waals surface area contributed by atoms with Gasteiger partial charge in [0.05, 0.1) is 22.8 Å². The Kier molecular flexibility index (Phi) is 5.30. The first-order chi connectivity index (χ1) is 14.0. The molecule has 0 atom stereocenters. The third-order valence-electron chi connectivity index (χ3n) is 4.75. The average Bonchev–Trinajstić information content (AvgIpc) is 3.15. The number of amides is 1. The van der Waals surface area contributed by atoms with Gasteiger partial charge in [-0.15, -0.1) is 0 Å². The summed E-state index contributed by atoms with van der Waals surface area (Å²) in [6.07, 6.45) is 8.25. The van der Waals surface area contributed by atoms with E-state index in [1.165, 1.54) is 36.7 Å². The largest absolute Gasteiger partial charge is 0.346 e. The Labute approximate surface area is 169 Å². The van der Waals surface area contributed by atoms with Crippen molar-refractivity contribution in [1.82, 2.24) is 19.9 Å². The fourth-order valence-corrected chi connectivity index (χ4v) is 4.31. The minimum atomic E-state index is -3.74. The Balaban J connectivity index is 1.39. The maximum absolute atomic E-state index is 12.4. The number of rotatable bonds is 6. The number of imidazole rings is 1. The van der Waals surface area contributed by atoms with E-state index < -0.39 is 10.0 Å². The molecule has 0 spiro atoms. The minimum Gasteiger partial charge on any atom is -0.346 e. The lowest BCUT2D eigenvalue weighted by molar-refractivity contribution is 0.0950. The smallest absolute Gasteiger partial charge is 0.261 e. The number of anilines is 1. The van der Waals surface area contributed by atoms with Crippen LogP contribution in [0.3, 0.4) is 0 Å². The molecule has 29 heavy (non-hydrogen) atoms. The lowest BCUT2D eigenvalue weighted by Crippen LogP contribution is -2.23. The number of fused-ring (bicyclic) bond motifs is 1. The normalized spacial score (nSPS) is 13.5. The van der Waals surface area contributed by atoms with Crippen molar-refractivity contribution < 1.29 is 13.2 Å². The van der Waals surface area contributed by atoms with Crippen LogP contribution in [-0.2, 0) is 29.5 Å². The molecule has 3 heterocycles. The van der Waals surface area contributed by atoms with E-state index in [0.29, 0.717) is 17.8 Å². The van der Waals surface area contributed by atoms with Crippen LogP contribution in [0.1, 0.15) is 34.7 Å². The number of benzene rings is 1. The zero-order valence-electron chi connectivity index (χ0n) is 15.7. The van der Waals surface area contributed by atoms with E-state index in [0.717, 1.165) is 37.3 Å². The van der Waals surface area contributed by atoms with Gasteiger partial charge in [0, 0.05) is 37.1 Å². The fraction of sp³-hybridized carbons (Fsp3) is 0.250. The van der Waals surface area contributed by atoms with Crippen molar-refractivity contribution >= 4 is 21.6 Å². The summed E-state index contributed by atoms with van der Waals surface area (Å²) in [7, 11) is -3.74. The average molecular weight is 411 g/mol. The zero-order valence-corrected chi connectivity index (χ0v) is 16.5. The highest BCUT2D eigenvalue weighted by atomic mass is 32.2. The fourth-order valence-electron chi connectivity index (χ4n) is 3.25. The lowest BCUT2D eigenvalue weighted by Gasteiger charge is -2.11. The van der Waals surface area contributed by atoms with Gasteiger partial charge in [-0.2, -0.15) is 0 Å². The van der Waals surface area contributed by atoms with Crippen LogP contribution in [0.5, 0.6) is 0 Å². The highest BCUT2D eigenvalue weighted by Gasteiger charge is 2.16. The van der Waals surface area contributed by atoms with E-state index >= 15 is 0 Å². The summed E-state index contributed by atoms with van der Waals surface area (Å²) in [4.78, 5) is 20.9. The Morgan fingerprint density at radius 1 is 1.07 bits per heavy atom. The van der Waals surface area contributed by atoms with E-state index in [1.54, 1.807) is 12.1 Å². The van der Waals surface area contributed by atoms with Crippen molar-refractivity contribution in [2.75, 3.05) is 4.72 Å². The number of nitrogens with zero attached hydrogens (tertiary/aromatic N) is 3. The summed E-state index contributed by atoms with van der Waals surface area (Å²) >= 11 is 0. The van der Waals surface area contributed by atoms with Crippen LogP contribution in [0, 0.1) is 0 Å². The van der Waals surface area contributed by atoms with Crippen LogP contribution in [-0.4, -0.2) is 28.9 Å². The lowest BCUT2D eigenvalue weighted by atomic mass is 10.2. The van der Waals surface area contributed by atoms with Gasteiger partial charge in [-0.1, -0.05) is 0 Å². The second kappa shape index (κ2) is 8.04. The van der Waals surface area contributed by atoms with Crippen molar-refractivity contribution in [2.24, 2.45) is 0 Å². The highest BCUT2D eigenvalue weighted by molar-refractivity contribution is 7.92. The Hall–Kier alpha value is -3.20. The molecule has 2 N–H and O–H groups in total. The number of carbonyl (C=O) groups excluding carboxylic acids is 1. The third kappa shape index (κ3) is 4.45. The third-order valence-corrected chi connectivity index (χ3v) is 6.15. The number of sulfonamides is 1. The molecule has 0 bridgehead atoms. The van der Waals surface area contributed by atoms with Gasteiger partial charge in [0.2, 0.25) is 0 Å². The predicted molar refractivity (Wildman–Crippen MR) is 108 cm³/mol. The Morgan fingerprint density at radius 3 is 2.55 bits per heavy atom. The second-order valence-corrected chi connectivity index (χ2v) is 8.53. The number of hydrogen-bond donors (Lipinski definition) is 2. The van der Waals surface area contributed by atoms with Gasteiger partial charge < -0.3 is 9.88 Å². The van der Waals surface area contributed by atoms with Gasteiger partial charge in [0.1, 0.15) is 5.82 Å². The first kappa shape index (κ1) is 19.1. The molecule has 0 aliphatic carbocycles. The first-order valence-corrected chi connectivity index (χ1v) is 10.9. The van der Waals surface area contributed by atoms with E-state index in [9.17, 15) is 13.2 Å². The molecule has 0 saturated carbocycles. The molecule has 150 valence electrons. The van der Waals surface area contributed by atoms with Gasteiger partial charge in [0.15, 0.2) is 0 Å². The summed E-state index contributed by atoms with van der Waals surface area (Å²) in [6, 6.07) is 8.94. The maximum Gasteiger partial charge on any atom is 0.261 e. The van der Waals surface area contributed by atoms with Crippen LogP contribution in [0.2, 0.25) is 0 Å². The van der Waals surface area contributed by atoms with Crippen molar-refractivity contribution in [3.8, 4) is 0 Å². The number of aromatic nitrogens is 3. The molecule has 1 aliphatic rings. The molecule has 0 radical (unpaired) electrons. The number of nitrogens with one attached hydrogen (secondary N) is 2. The Morgan fingerprint density at radius 2 is 1.83 bits per heavy atom. The molecule has 0 fully saturated rings. The number of pyridine rings is 1. The topological polar surface area (TPSA) is 106 Å². The predicted octanol–water partition coefficient (Wildman–Crippen LogP) is 2.35. The molecule has 0 saturated heterocycles. The van der Waals surface area contributed by atoms with Crippen LogP contribution in [0.4, 0.5) is 5.69 Å². The molecule has 1 aliphatic heterocycles. The maximum atomic E-state index is 12.4. The summed E-state index contributed by atoms with van der Waals surface area (Å²) in [6.45, 7) is 1.31. The Bertz CT molecular complexity index is 1090. The van der Waals surface area contributed by atoms with Gasteiger partial charge in [-0.25, -0.2) is 13.4 Å². The second-order valence-electron chi connectivity index (χ2n) is 6.85. The first-order valence-electron chi connectivity index (χ1n) is 9.37. The minimum absolute atomic E-state index is 0.0765. The number of aryl methyl sites for hydroxylation is 2. The van der Waals surface area contributed by atoms with Gasteiger partial charge in [0.25, 0.3) is 15.9 Å². The van der Waals surface area contributed by atoms with E-state index in [1.807, 2.05) is 6.20 Å². The van der Waals surface area contributed by atoms with Crippen LogP contribution < -0.4 is 10.0 Å². The van der Waals surface area contributed by atoms with Crippen molar-refractivity contribution in [2.45, 2.75) is 37.2 Å². The molecule has 3 aromatic rings. The van der Waals surface area contributed by atoms with E-state index in [-0.39, 0.29) is 10.8 Å². The van der Waals surface area contributed by atoms with Crippen LogP contribution >= 0.6 is 0 Å². The summed E-state index contributed by atoms with van der Waals surface area (Å²) in [5.41, 5.74) is 1.64. The van der Waals surface area contributed by atoms with E-state index in [4.69, 9.17) is 0 Å². The summed E-state index contributed by atoms with van der Waals surface area (Å²) in [5.74, 6) is 0.791. The molecular formula is C20H21N5O3S. The number of hydrogen-bond acceptors (Lipinski definition) is 5.